The van der Waals surface area contributed by atoms with Gasteiger partial charge in [0.2, 0.25) is 0 Å². The molecule has 0 aliphatic carbocycles. The van der Waals surface area contributed by atoms with Crippen LogP contribution in [0.25, 0.3) is 11.1 Å². The van der Waals surface area contributed by atoms with Gasteiger partial charge in [-0.15, -0.1) is 0 Å². The van der Waals surface area contributed by atoms with Crippen LogP contribution in [0.5, 0.6) is 0 Å². The predicted molar refractivity (Wildman–Crippen MR) is 81.2 cm³/mol. The predicted octanol–water partition coefficient (Wildman–Crippen LogP) is 3.38. The quantitative estimate of drug-likeness (QED) is 0.778. The maximum absolute atomic E-state index is 12.1. The zero-order chi connectivity index (χ0) is 14.7. The van der Waals surface area contributed by atoms with E-state index < -0.39 is 0 Å². The fraction of sp³-hybridized carbons (Fsp3) is 0. The summed E-state index contributed by atoms with van der Waals surface area (Å²) >= 11 is 5.99. The molecule has 2 N–H and O–H groups in total. The molecule has 3 aromatic rings. The number of hydrogen-bond acceptors (Lipinski definition) is 3. The number of amides is 1. The first kappa shape index (κ1) is 13.3. The van der Waals surface area contributed by atoms with Crippen LogP contribution in [0.3, 0.4) is 0 Å². The van der Waals surface area contributed by atoms with Crippen LogP contribution in [0.15, 0.2) is 55.0 Å². The number of carbonyl (C=O) groups excluding carboxylic acids is 1. The molecule has 0 aliphatic rings. The van der Waals surface area contributed by atoms with E-state index in [0.29, 0.717) is 16.4 Å². The van der Waals surface area contributed by atoms with Gasteiger partial charge in [0.1, 0.15) is 5.82 Å². The van der Waals surface area contributed by atoms with Crippen molar-refractivity contribution in [2.75, 3.05) is 5.32 Å². The van der Waals surface area contributed by atoms with Crippen molar-refractivity contribution in [2.24, 2.45) is 0 Å². The van der Waals surface area contributed by atoms with Gasteiger partial charge >= 0.3 is 0 Å². The summed E-state index contributed by atoms with van der Waals surface area (Å²) in [5.41, 5.74) is 2.12. The molecule has 0 fully saturated rings. The van der Waals surface area contributed by atoms with Crippen LogP contribution in [0.2, 0.25) is 5.02 Å². The second-order valence-corrected chi connectivity index (χ2v) is 4.80. The molecule has 0 aliphatic heterocycles. The lowest BCUT2D eigenvalue weighted by molar-refractivity contribution is 0.102. The summed E-state index contributed by atoms with van der Waals surface area (Å²) in [5.74, 6) is 0.266. The number of benzene rings is 1. The Bertz CT molecular complexity index is 770. The van der Waals surface area contributed by atoms with Crippen molar-refractivity contribution >= 4 is 23.3 Å². The largest absolute Gasteiger partial charge is 0.306 e. The average molecular weight is 299 g/mol. The summed E-state index contributed by atoms with van der Waals surface area (Å²) in [7, 11) is 0. The van der Waals surface area contributed by atoms with Crippen molar-refractivity contribution in [3.8, 4) is 11.1 Å². The highest BCUT2D eigenvalue weighted by Gasteiger charge is 2.12. The monoisotopic (exact) mass is 298 g/mol. The standard InChI is InChI=1S/C15H11ClN4O/c16-12-5-1-3-10(7-12)13-9-18-20-14(13)19-15(21)11-4-2-6-17-8-11/h1-9H,(H2,18,19,20,21). The number of halogens is 1. The van der Waals surface area contributed by atoms with Crippen LogP contribution in [-0.2, 0) is 0 Å². The van der Waals surface area contributed by atoms with Crippen LogP contribution < -0.4 is 5.32 Å². The summed E-state index contributed by atoms with van der Waals surface area (Å²) in [5, 5.41) is 10.2. The smallest absolute Gasteiger partial charge is 0.258 e. The van der Waals surface area contributed by atoms with Gasteiger partial charge in [0.25, 0.3) is 5.91 Å². The van der Waals surface area contributed by atoms with Gasteiger partial charge in [-0.1, -0.05) is 23.7 Å². The Kier molecular flexibility index (Phi) is 3.66. The van der Waals surface area contributed by atoms with E-state index in [0.717, 1.165) is 11.1 Å². The number of nitrogens with zero attached hydrogens (tertiary/aromatic N) is 2. The molecule has 104 valence electrons. The first-order valence-corrected chi connectivity index (χ1v) is 6.62. The number of hydrogen-bond donors (Lipinski definition) is 2. The van der Waals surface area contributed by atoms with Gasteiger partial charge in [0, 0.05) is 23.0 Å². The number of nitrogens with one attached hydrogen (secondary N) is 2. The summed E-state index contributed by atoms with van der Waals surface area (Å²) in [6.07, 6.45) is 4.76. The number of anilines is 1. The highest BCUT2D eigenvalue weighted by molar-refractivity contribution is 6.30. The van der Waals surface area contributed by atoms with E-state index in [9.17, 15) is 4.79 Å². The first-order valence-electron chi connectivity index (χ1n) is 6.25. The fourth-order valence-corrected chi connectivity index (χ4v) is 2.13. The third-order valence-electron chi connectivity index (χ3n) is 2.94. The molecular formula is C15H11ClN4O. The minimum Gasteiger partial charge on any atom is -0.306 e. The highest BCUT2D eigenvalue weighted by Crippen LogP contribution is 2.28. The van der Waals surface area contributed by atoms with Crippen molar-refractivity contribution in [3.05, 3.63) is 65.6 Å². The molecule has 5 nitrogen and oxygen atoms in total. The third kappa shape index (κ3) is 2.93. The maximum atomic E-state index is 12.1. The molecule has 0 saturated heterocycles. The maximum Gasteiger partial charge on any atom is 0.258 e. The van der Waals surface area contributed by atoms with Gasteiger partial charge in [-0.05, 0) is 29.8 Å². The fourth-order valence-electron chi connectivity index (χ4n) is 1.94. The van der Waals surface area contributed by atoms with E-state index in [2.05, 4.69) is 20.5 Å². The molecule has 1 amide bonds. The Labute approximate surface area is 126 Å². The molecule has 0 saturated carbocycles. The van der Waals surface area contributed by atoms with Gasteiger partial charge in [0.15, 0.2) is 0 Å². The number of H-pyrrole nitrogens is 1. The lowest BCUT2D eigenvalue weighted by Gasteiger charge is -2.06. The molecule has 2 aromatic heterocycles. The van der Waals surface area contributed by atoms with E-state index >= 15 is 0 Å². The highest BCUT2D eigenvalue weighted by atomic mass is 35.5. The molecule has 21 heavy (non-hydrogen) atoms. The van der Waals surface area contributed by atoms with Crippen molar-refractivity contribution in [1.82, 2.24) is 15.2 Å². The molecule has 0 spiro atoms. The lowest BCUT2D eigenvalue weighted by atomic mass is 10.1. The Morgan fingerprint density at radius 1 is 1.19 bits per heavy atom. The SMILES string of the molecule is O=C(Nc1[nH]ncc1-c1cccc(Cl)c1)c1cccnc1. The summed E-state index contributed by atoms with van der Waals surface area (Å²) in [6.45, 7) is 0. The van der Waals surface area contributed by atoms with Crippen molar-refractivity contribution in [3.63, 3.8) is 0 Å². The van der Waals surface area contributed by atoms with E-state index in [4.69, 9.17) is 11.6 Å². The zero-order valence-corrected chi connectivity index (χ0v) is 11.6. The molecule has 0 atom stereocenters. The van der Waals surface area contributed by atoms with Gasteiger partial charge in [-0.25, -0.2) is 0 Å². The molecular weight excluding hydrogens is 288 g/mol. The third-order valence-corrected chi connectivity index (χ3v) is 3.17. The van der Waals surface area contributed by atoms with E-state index in [1.54, 1.807) is 30.6 Å². The minimum absolute atomic E-state index is 0.254. The molecule has 2 heterocycles. The lowest BCUT2D eigenvalue weighted by Crippen LogP contribution is -2.12. The van der Waals surface area contributed by atoms with Crippen LogP contribution in [0.4, 0.5) is 5.82 Å². The summed E-state index contributed by atoms with van der Waals surface area (Å²) in [6, 6.07) is 10.7. The van der Waals surface area contributed by atoms with E-state index in [1.807, 2.05) is 18.2 Å². The number of carbonyl (C=O) groups is 1. The Hall–Kier alpha value is -2.66. The number of rotatable bonds is 3. The molecule has 0 bridgehead atoms. The van der Waals surface area contributed by atoms with E-state index in [-0.39, 0.29) is 5.91 Å². The molecule has 6 heteroatoms. The van der Waals surface area contributed by atoms with Crippen LogP contribution in [0, 0.1) is 0 Å². The second kappa shape index (κ2) is 5.76. The van der Waals surface area contributed by atoms with Gasteiger partial charge < -0.3 is 5.32 Å². The van der Waals surface area contributed by atoms with Gasteiger partial charge in [-0.2, -0.15) is 5.10 Å². The number of pyridine rings is 1. The number of aromatic amines is 1. The zero-order valence-electron chi connectivity index (χ0n) is 10.9. The Morgan fingerprint density at radius 2 is 2.10 bits per heavy atom. The van der Waals surface area contributed by atoms with Crippen molar-refractivity contribution in [1.29, 1.82) is 0 Å². The minimum atomic E-state index is -0.254. The average Bonchev–Trinajstić information content (AvgIpc) is 2.96. The van der Waals surface area contributed by atoms with Crippen molar-refractivity contribution < 1.29 is 4.79 Å². The van der Waals surface area contributed by atoms with Gasteiger partial charge in [0.05, 0.1) is 11.8 Å². The molecule has 1 aromatic carbocycles. The summed E-state index contributed by atoms with van der Waals surface area (Å²) in [4.78, 5) is 16.1. The van der Waals surface area contributed by atoms with Crippen LogP contribution >= 0.6 is 11.6 Å². The molecule has 0 unspecified atom stereocenters. The normalized spacial score (nSPS) is 10.3. The van der Waals surface area contributed by atoms with E-state index in [1.165, 1.54) is 6.20 Å². The van der Waals surface area contributed by atoms with Crippen LogP contribution in [-0.4, -0.2) is 21.1 Å². The Morgan fingerprint density at radius 3 is 2.86 bits per heavy atom. The number of aromatic nitrogens is 3. The van der Waals surface area contributed by atoms with Crippen molar-refractivity contribution in [2.45, 2.75) is 0 Å². The second-order valence-electron chi connectivity index (χ2n) is 4.36. The summed E-state index contributed by atoms with van der Waals surface area (Å²) < 4.78 is 0. The first-order chi connectivity index (χ1) is 10.2. The van der Waals surface area contributed by atoms with Gasteiger partial charge in [-0.3, -0.25) is 14.9 Å². The topological polar surface area (TPSA) is 70.7 Å². The molecule has 0 radical (unpaired) electrons. The van der Waals surface area contributed by atoms with Crippen LogP contribution in [0.1, 0.15) is 10.4 Å². The Balaban J connectivity index is 1.88. The molecule has 3 rings (SSSR count).